The molecule has 1 heterocycles. The van der Waals surface area contributed by atoms with Gasteiger partial charge in [-0.1, -0.05) is 29.8 Å². The van der Waals surface area contributed by atoms with E-state index in [9.17, 15) is 8.42 Å². The van der Waals surface area contributed by atoms with E-state index in [2.05, 4.69) is 16.1 Å². The molecule has 0 bridgehead atoms. The highest BCUT2D eigenvalue weighted by molar-refractivity contribution is 7.89. The molecular formula is C18H21ClN2O3S. The van der Waals surface area contributed by atoms with Gasteiger partial charge in [0.1, 0.15) is 12.4 Å². The quantitative estimate of drug-likeness (QED) is 0.836. The second-order valence-corrected chi connectivity index (χ2v) is 8.20. The molecule has 3 rings (SSSR count). The molecular weight excluding hydrogens is 360 g/mol. The van der Waals surface area contributed by atoms with E-state index in [-0.39, 0.29) is 4.90 Å². The van der Waals surface area contributed by atoms with E-state index in [1.54, 1.807) is 24.3 Å². The summed E-state index contributed by atoms with van der Waals surface area (Å²) in [5.41, 5.74) is 3.31. The normalized spacial score (nSPS) is 14.6. The number of nitrogens with one attached hydrogen (secondary N) is 2. The number of benzene rings is 2. The Labute approximate surface area is 153 Å². The highest BCUT2D eigenvalue weighted by Crippen LogP contribution is 2.33. The lowest BCUT2D eigenvalue weighted by Gasteiger charge is -2.15. The summed E-state index contributed by atoms with van der Waals surface area (Å²) in [4.78, 5) is 0.233. The Bertz CT molecular complexity index is 851. The van der Waals surface area contributed by atoms with Gasteiger partial charge in [0.2, 0.25) is 10.0 Å². The molecule has 0 amide bonds. The minimum atomic E-state index is -3.42. The first-order chi connectivity index (χ1) is 12.0. The molecule has 25 heavy (non-hydrogen) atoms. The Morgan fingerprint density at radius 3 is 2.56 bits per heavy atom. The number of hydrogen-bond acceptors (Lipinski definition) is 4. The first-order valence-electron chi connectivity index (χ1n) is 8.17. The summed E-state index contributed by atoms with van der Waals surface area (Å²) in [5.74, 6) is 0.731. The van der Waals surface area contributed by atoms with Gasteiger partial charge in [-0.2, -0.15) is 0 Å². The maximum absolute atomic E-state index is 11.8. The third-order valence-electron chi connectivity index (χ3n) is 4.32. The van der Waals surface area contributed by atoms with E-state index in [4.69, 9.17) is 16.3 Å². The van der Waals surface area contributed by atoms with Crippen LogP contribution in [0.1, 0.15) is 16.7 Å². The van der Waals surface area contributed by atoms with Gasteiger partial charge in [0, 0.05) is 5.56 Å². The topological polar surface area (TPSA) is 67.4 Å². The molecule has 1 aliphatic rings. The van der Waals surface area contributed by atoms with Gasteiger partial charge in [-0.05, 0) is 62.3 Å². The van der Waals surface area contributed by atoms with Gasteiger partial charge in [0.25, 0.3) is 0 Å². The summed E-state index contributed by atoms with van der Waals surface area (Å²) in [7, 11) is -2.03. The first-order valence-corrected chi connectivity index (χ1v) is 10.0. The first kappa shape index (κ1) is 18.2. The number of fused-ring (bicyclic) bond motifs is 1. The van der Waals surface area contributed by atoms with Crippen LogP contribution >= 0.6 is 11.6 Å². The summed E-state index contributed by atoms with van der Waals surface area (Å²) < 4.78 is 31.8. The van der Waals surface area contributed by atoms with Crippen LogP contribution in [-0.4, -0.2) is 28.6 Å². The summed E-state index contributed by atoms with van der Waals surface area (Å²) in [6.07, 6.45) is 1.84. The molecule has 0 fully saturated rings. The standard InChI is InChI=1S/C18H21ClN2O3S/c1-20-25(22,23)15-5-2-13(3-6-15)12-24-18-16-9-11-21-10-8-14(16)4-7-17(18)19/h2-7,20-21H,8-12H2,1H3. The molecule has 2 N–H and O–H groups in total. The number of halogens is 1. The Morgan fingerprint density at radius 1 is 1.12 bits per heavy atom. The molecule has 1 aliphatic heterocycles. The van der Waals surface area contributed by atoms with E-state index in [1.807, 2.05) is 6.07 Å². The fourth-order valence-electron chi connectivity index (χ4n) is 2.90. The summed E-state index contributed by atoms with van der Waals surface area (Å²) >= 11 is 6.35. The number of rotatable bonds is 5. The Kier molecular flexibility index (Phi) is 5.64. The molecule has 7 heteroatoms. The third kappa shape index (κ3) is 4.15. The summed E-state index contributed by atoms with van der Waals surface area (Å²) in [5, 5.41) is 3.99. The largest absolute Gasteiger partial charge is 0.487 e. The molecule has 2 aromatic rings. The SMILES string of the molecule is CNS(=O)(=O)c1ccc(COc2c(Cl)ccc3c2CCNCC3)cc1. The Hall–Kier alpha value is -1.60. The zero-order valence-corrected chi connectivity index (χ0v) is 15.6. The van der Waals surface area contributed by atoms with Gasteiger partial charge < -0.3 is 10.1 Å². The molecule has 0 atom stereocenters. The maximum Gasteiger partial charge on any atom is 0.240 e. The van der Waals surface area contributed by atoms with E-state index < -0.39 is 10.0 Å². The van der Waals surface area contributed by atoms with Crippen molar-refractivity contribution in [3.8, 4) is 5.75 Å². The van der Waals surface area contributed by atoms with Gasteiger partial charge in [-0.25, -0.2) is 13.1 Å². The van der Waals surface area contributed by atoms with Crippen LogP contribution in [-0.2, 0) is 29.5 Å². The van der Waals surface area contributed by atoms with Gasteiger partial charge in [-0.15, -0.1) is 0 Å². The van der Waals surface area contributed by atoms with Crippen LogP contribution in [0.4, 0.5) is 0 Å². The predicted octanol–water partition coefficient (Wildman–Crippen LogP) is 2.52. The lowest BCUT2D eigenvalue weighted by molar-refractivity contribution is 0.303. The van der Waals surface area contributed by atoms with E-state index in [1.165, 1.54) is 12.6 Å². The molecule has 5 nitrogen and oxygen atoms in total. The fraction of sp³-hybridized carbons (Fsp3) is 0.333. The lowest BCUT2D eigenvalue weighted by Crippen LogP contribution is -2.18. The van der Waals surface area contributed by atoms with Crippen LogP contribution in [0.25, 0.3) is 0 Å². The Morgan fingerprint density at radius 2 is 1.84 bits per heavy atom. The zero-order chi connectivity index (χ0) is 17.9. The molecule has 0 saturated carbocycles. The van der Waals surface area contributed by atoms with E-state index in [0.29, 0.717) is 11.6 Å². The van der Waals surface area contributed by atoms with Gasteiger partial charge >= 0.3 is 0 Å². The van der Waals surface area contributed by atoms with Gasteiger partial charge in [-0.3, -0.25) is 0 Å². The predicted molar refractivity (Wildman–Crippen MR) is 98.7 cm³/mol. The van der Waals surface area contributed by atoms with Crippen LogP contribution in [0.3, 0.4) is 0 Å². The molecule has 0 aromatic heterocycles. The Balaban J connectivity index is 1.78. The van der Waals surface area contributed by atoms with Crippen LogP contribution in [0, 0.1) is 0 Å². The minimum absolute atomic E-state index is 0.233. The highest BCUT2D eigenvalue weighted by atomic mass is 35.5. The van der Waals surface area contributed by atoms with Gasteiger partial charge in [0.05, 0.1) is 9.92 Å². The average Bonchev–Trinajstić information content (AvgIpc) is 2.87. The smallest absolute Gasteiger partial charge is 0.240 e. The van der Waals surface area contributed by atoms with Crippen LogP contribution in [0.5, 0.6) is 5.75 Å². The lowest BCUT2D eigenvalue weighted by atomic mass is 10.0. The second kappa shape index (κ2) is 7.74. The van der Waals surface area contributed by atoms with Crippen molar-refractivity contribution in [2.75, 3.05) is 20.1 Å². The van der Waals surface area contributed by atoms with Crippen molar-refractivity contribution in [2.45, 2.75) is 24.3 Å². The maximum atomic E-state index is 11.8. The van der Waals surface area contributed by atoms with E-state index >= 15 is 0 Å². The van der Waals surface area contributed by atoms with Crippen molar-refractivity contribution >= 4 is 21.6 Å². The second-order valence-electron chi connectivity index (χ2n) is 5.90. The van der Waals surface area contributed by atoms with Crippen molar-refractivity contribution in [3.63, 3.8) is 0 Å². The average molecular weight is 381 g/mol. The fourth-order valence-corrected chi connectivity index (χ4v) is 3.87. The monoisotopic (exact) mass is 380 g/mol. The summed E-state index contributed by atoms with van der Waals surface area (Å²) in [6.45, 7) is 2.19. The third-order valence-corrected chi connectivity index (χ3v) is 6.05. The number of sulfonamides is 1. The van der Waals surface area contributed by atoms with Crippen molar-refractivity contribution in [3.05, 3.63) is 58.1 Å². The van der Waals surface area contributed by atoms with E-state index in [0.717, 1.165) is 42.8 Å². The van der Waals surface area contributed by atoms with Crippen LogP contribution in [0.15, 0.2) is 41.3 Å². The van der Waals surface area contributed by atoms with Crippen molar-refractivity contribution < 1.29 is 13.2 Å². The number of ether oxygens (including phenoxy) is 1. The van der Waals surface area contributed by atoms with Crippen molar-refractivity contribution in [1.82, 2.24) is 10.0 Å². The van der Waals surface area contributed by atoms with Crippen molar-refractivity contribution in [2.24, 2.45) is 0 Å². The molecule has 2 aromatic carbocycles. The minimum Gasteiger partial charge on any atom is -0.487 e. The molecule has 0 spiro atoms. The molecule has 134 valence electrons. The number of hydrogen-bond donors (Lipinski definition) is 2. The molecule has 0 aliphatic carbocycles. The van der Waals surface area contributed by atoms with Crippen LogP contribution in [0.2, 0.25) is 5.02 Å². The van der Waals surface area contributed by atoms with Gasteiger partial charge in [0.15, 0.2) is 0 Å². The highest BCUT2D eigenvalue weighted by Gasteiger charge is 2.16. The van der Waals surface area contributed by atoms with Crippen LogP contribution < -0.4 is 14.8 Å². The molecule has 0 radical (unpaired) electrons. The van der Waals surface area contributed by atoms with Crippen molar-refractivity contribution in [1.29, 1.82) is 0 Å². The summed E-state index contributed by atoms with van der Waals surface area (Å²) in [6, 6.07) is 10.6. The molecule has 0 unspecified atom stereocenters. The molecule has 0 saturated heterocycles. The zero-order valence-electron chi connectivity index (χ0n) is 14.0.